The van der Waals surface area contributed by atoms with E-state index in [-0.39, 0.29) is 0 Å². The van der Waals surface area contributed by atoms with Crippen molar-refractivity contribution in [3.63, 3.8) is 0 Å². The number of nitrogens with one attached hydrogen (secondary N) is 1. The molecule has 0 spiro atoms. The van der Waals surface area contributed by atoms with Gasteiger partial charge in [0.1, 0.15) is 0 Å². The van der Waals surface area contributed by atoms with Crippen molar-refractivity contribution in [2.45, 2.75) is 59.4 Å². The minimum absolute atomic E-state index is 0.667. The number of unbranched alkanes of at least 4 members (excludes halogenated alkanes) is 1. The first kappa shape index (κ1) is 14.9. The summed E-state index contributed by atoms with van der Waals surface area (Å²) < 4.78 is 5.51. The largest absolute Gasteiger partial charge is 0.381 e. The number of ether oxygens (including phenoxy) is 1. The van der Waals surface area contributed by atoms with E-state index in [9.17, 15) is 0 Å². The van der Waals surface area contributed by atoms with Gasteiger partial charge in [-0.2, -0.15) is 0 Å². The van der Waals surface area contributed by atoms with Crippen LogP contribution >= 0.6 is 0 Å². The van der Waals surface area contributed by atoms with Gasteiger partial charge in [-0.25, -0.2) is 0 Å². The maximum Gasteiger partial charge on any atom is 0.0478 e. The third-order valence-electron chi connectivity index (χ3n) is 2.76. The molecule has 0 amide bonds. The second kappa shape index (κ2) is 10.4. The molecule has 0 aromatic heterocycles. The van der Waals surface area contributed by atoms with Crippen LogP contribution in [0.2, 0.25) is 0 Å². The predicted molar refractivity (Wildman–Crippen MR) is 67.3 cm³/mol. The molecule has 0 saturated heterocycles. The van der Waals surface area contributed by atoms with E-state index >= 15 is 0 Å². The normalized spacial score (nSPS) is 13.4. The van der Waals surface area contributed by atoms with E-state index in [1.165, 1.54) is 19.3 Å². The van der Waals surface area contributed by atoms with Crippen molar-refractivity contribution in [3.8, 4) is 0 Å². The first-order valence-corrected chi connectivity index (χ1v) is 6.53. The fourth-order valence-corrected chi connectivity index (χ4v) is 1.66. The fraction of sp³-hybridized carbons (Fsp3) is 1.00. The van der Waals surface area contributed by atoms with E-state index < -0.39 is 0 Å². The molecule has 0 aliphatic rings. The summed E-state index contributed by atoms with van der Waals surface area (Å²) in [7, 11) is 0. The molecule has 0 aromatic carbocycles. The van der Waals surface area contributed by atoms with Gasteiger partial charge in [0.15, 0.2) is 0 Å². The van der Waals surface area contributed by atoms with Crippen molar-refractivity contribution < 1.29 is 4.74 Å². The third kappa shape index (κ3) is 8.88. The molecule has 2 heteroatoms. The van der Waals surface area contributed by atoms with Crippen LogP contribution in [0.5, 0.6) is 0 Å². The van der Waals surface area contributed by atoms with Gasteiger partial charge >= 0.3 is 0 Å². The molecule has 15 heavy (non-hydrogen) atoms. The number of hydrogen-bond acceptors (Lipinski definition) is 2. The van der Waals surface area contributed by atoms with Crippen molar-refractivity contribution in [2.75, 3.05) is 19.8 Å². The molecular formula is C13H29NO. The molecule has 92 valence electrons. The van der Waals surface area contributed by atoms with E-state index in [1.54, 1.807) is 0 Å². The Kier molecular flexibility index (Phi) is 10.4. The second-order valence-corrected chi connectivity index (χ2v) is 4.53. The average molecular weight is 215 g/mol. The summed E-state index contributed by atoms with van der Waals surface area (Å²) in [5, 5.41) is 3.58. The van der Waals surface area contributed by atoms with Crippen LogP contribution in [-0.2, 0) is 4.74 Å². The van der Waals surface area contributed by atoms with Crippen LogP contribution in [-0.4, -0.2) is 25.8 Å². The Morgan fingerprint density at radius 1 is 1.07 bits per heavy atom. The Morgan fingerprint density at radius 2 is 1.73 bits per heavy atom. The Hall–Kier alpha value is -0.0800. The summed E-state index contributed by atoms with van der Waals surface area (Å²) in [6.45, 7) is 11.9. The van der Waals surface area contributed by atoms with Gasteiger partial charge in [-0.05, 0) is 31.7 Å². The van der Waals surface area contributed by atoms with Gasteiger partial charge in [0.05, 0.1) is 0 Å². The molecule has 1 unspecified atom stereocenters. The molecule has 0 heterocycles. The van der Waals surface area contributed by atoms with Crippen molar-refractivity contribution in [2.24, 2.45) is 5.92 Å². The van der Waals surface area contributed by atoms with E-state index in [1.807, 2.05) is 0 Å². The summed E-state index contributed by atoms with van der Waals surface area (Å²) in [5.41, 5.74) is 0. The minimum atomic E-state index is 0.667. The molecular weight excluding hydrogens is 186 g/mol. The first-order valence-electron chi connectivity index (χ1n) is 6.53. The lowest BCUT2D eigenvalue weighted by molar-refractivity contribution is 0.127. The summed E-state index contributed by atoms with van der Waals surface area (Å²) in [6.07, 6.45) is 4.77. The Bertz CT molecular complexity index is 126. The van der Waals surface area contributed by atoms with Gasteiger partial charge < -0.3 is 10.1 Å². The smallest absolute Gasteiger partial charge is 0.0478 e. The molecule has 2 nitrogen and oxygen atoms in total. The third-order valence-corrected chi connectivity index (χ3v) is 2.76. The van der Waals surface area contributed by atoms with Gasteiger partial charge in [0.25, 0.3) is 0 Å². The van der Waals surface area contributed by atoms with Crippen LogP contribution in [0, 0.1) is 5.92 Å². The van der Waals surface area contributed by atoms with Crippen LogP contribution < -0.4 is 5.32 Å². The van der Waals surface area contributed by atoms with Gasteiger partial charge in [0.2, 0.25) is 0 Å². The van der Waals surface area contributed by atoms with E-state index in [4.69, 9.17) is 4.74 Å². The zero-order valence-corrected chi connectivity index (χ0v) is 11.0. The highest BCUT2D eigenvalue weighted by Crippen LogP contribution is 2.04. The lowest BCUT2D eigenvalue weighted by Gasteiger charge is -2.20. The number of hydrogen-bond donors (Lipinski definition) is 1. The van der Waals surface area contributed by atoms with Crippen molar-refractivity contribution in [1.29, 1.82) is 0 Å². The fourth-order valence-electron chi connectivity index (χ4n) is 1.66. The molecule has 0 bridgehead atoms. The van der Waals surface area contributed by atoms with E-state index in [2.05, 4.69) is 33.0 Å². The number of rotatable bonds is 10. The summed E-state index contributed by atoms with van der Waals surface area (Å²) in [4.78, 5) is 0. The average Bonchev–Trinajstić information content (AvgIpc) is 2.21. The van der Waals surface area contributed by atoms with Gasteiger partial charge in [0, 0.05) is 19.3 Å². The highest BCUT2D eigenvalue weighted by molar-refractivity contribution is 4.67. The minimum Gasteiger partial charge on any atom is -0.381 e. The lowest BCUT2D eigenvalue weighted by atomic mass is 10.0. The van der Waals surface area contributed by atoms with E-state index in [0.717, 1.165) is 32.1 Å². The maximum absolute atomic E-state index is 5.51. The molecule has 0 aromatic rings. The van der Waals surface area contributed by atoms with Gasteiger partial charge in [-0.3, -0.25) is 0 Å². The predicted octanol–water partition coefficient (Wildman–Crippen LogP) is 3.22. The zero-order valence-electron chi connectivity index (χ0n) is 11.0. The van der Waals surface area contributed by atoms with Crippen molar-refractivity contribution >= 4 is 0 Å². The molecule has 0 aliphatic carbocycles. The van der Waals surface area contributed by atoms with E-state index in [0.29, 0.717) is 6.04 Å². The Morgan fingerprint density at radius 3 is 2.27 bits per heavy atom. The second-order valence-electron chi connectivity index (χ2n) is 4.53. The van der Waals surface area contributed by atoms with Crippen LogP contribution in [0.3, 0.4) is 0 Å². The van der Waals surface area contributed by atoms with Gasteiger partial charge in [-0.1, -0.05) is 34.1 Å². The standard InChI is InChI=1S/C13H29NO/c1-5-7-10-15-11-8-9-14-13(6-2)12(3)4/h12-14H,5-11H2,1-4H3. The Labute approximate surface area is 95.8 Å². The van der Waals surface area contributed by atoms with Crippen LogP contribution in [0.15, 0.2) is 0 Å². The Balaban J connectivity index is 3.22. The lowest BCUT2D eigenvalue weighted by Crippen LogP contribution is -2.34. The molecule has 1 atom stereocenters. The SMILES string of the molecule is CCCCOCCCNC(CC)C(C)C. The molecule has 0 rings (SSSR count). The highest BCUT2D eigenvalue weighted by atomic mass is 16.5. The summed E-state index contributed by atoms with van der Waals surface area (Å²) >= 11 is 0. The van der Waals surface area contributed by atoms with Crippen LogP contribution in [0.25, 0.3) is 0 Å². The van der Waals surface area contributed by atoms with Gasteiger partial charge in [-0.15, -0.1) is 0 Å². The molecule has 1 N–H and O–H groups in total. The zero-order chi connectivity index (χ0) is 11.5. The quantitative estimate of drug-likeness (QED) is 0.565. The van der Waals surface area contributed by atoms with Crippen molar-refractivity contribution in [3.05, 3.63) is 0 Å². The molecule has 0 radical (unpaired) electrons. The molecule has 0 saturated carbocycles. The summed E-state index contributed by atoms with van der Waals surface area (Å²) in [6, 6.07) is 0.667. The first-order chi connectivity index (χ1) is 7.22. The summed E-state index contributed by atoms with van der Waals surface area (Å²) in [5.74, 6) is 0.732. The van der Waals surface area contributed by atoms with Crippen molar-refractivity contribution in [1.82, 2.24) is 5.32 Å². The maximum atomic E-state index is 5.51. The topological polar surface area (TPSA) is 21.3 Å². The van der Waals surface area contributed by atoms with Crippen LogP contribution in [0.4, 0.5) is 0 Å². The molecule has 0 aliphatic heterocycles. The van der Waals surface area contributed by atoms with Crippen LogP contribution in [0.1, 0.15) is 53.4 Å². The monoisotopic (exact) mass is 215 g/mol. The highest BCUT2D eigenvalue weighted by Gasteiger charge is 2.08. The molecule has 0 fully saturated rings.